The zero-order valence-corrected chi connectivity index (χ0v) is 11.8. The van der Waals surface area contributed by atoms with E-state index in [2.05, 4.69) is 0 Å². The lowest BCUT2D eigenvalue weighted by Gasteiger charge is -2.16. The van der Waals surface area contributed by atoms with E-state index in [0.717, 1.165) is 0 Å². The molecule has 1 aromatic rings. The molecule has 1 fully saturated rings. The molecule has 0 N–H and O–H groups in total. The standard InChI is InChI=1S/C11H8Cl2N2O3S/c12-10-3-8(2-1-7(10)5-14)15-6-9(4-11(15)16)19(13,17)18/h1-3,9H,4,6H2. The van der Waals surface area contributed by atoms with Gasteiger partial charge in [-0.05, 0) is 18.2 Å². The van der Waals surface area contributed by atoms with Crippen molar-refractivity contribution < 1.29 is 13.2 Å². The number of halogens is 2. The van der Waals surface area contributed by atoms with Crippen molar-refractivity contribution in [2.45, 2.75) is 11.7 Å². The first-order valence-electron chi connectivity index (χ1n) is 5.26. The van der Waals surface area contributed by atoms with Gasteiger partial charge in [0.2, 0.25) is 15.0 Å². The zero-order valence-electron chi connectivity index (χ0n) is 9.51. The van der Waals surface area contributed by atoms with E-state index in [-0.39, 0.29) is 23.9 Å². The summed E-state index contributed by atoms with van der Waals surface area (Å²) < 4.78 is 22.5. The molecule has 0 aliphatic carbocycles. The van der Waals surface area contributed by atoms with E-state index in [1.807, 2.05) is 6.07 Å². The molecule has 2 rings (SSSR count). The van der Waals surface area contributed by atoms with Crippen LogP contribution in [-0.2, 0) is 13.8 Å². The van der Waals surface area contributed by atoms with Crippen molar-refractivity contribution in [3.05, 3.63) is 28.8 Å². The van der Waals surface area contributed by atoms with Crippen LogP contribution in [0.4, 0.5) is 5.69 Å². The summed E-state index contributed by atoms with van der Waals surface area (Å²) in [4.78, 5) is 13.1. The van der Waals surface area contributed by atoms with E-state index in [1.165, 1.54) is 17.0 Å². The molecule has 0 bridgehead atoms. The predicted molar refractivity (Wildman–Crippen MR) is 71.7 cm³/mol. The van der Waals surface area contributed by atoms with Crippen LogP contribution in [0.2, 0.25) is 5.02 Å². The van der Waals surface area contributed by atoms with E-state index in [0.29, 0.717) is 11.3 Å². The van der Waals surface area contributed by atoms with E-state index in [1.54, 1.807) is 6.07 Å². The minimum absolute atomic E-state index is 0.00705. The van der Waals surface area contributed by atoms with Crippen molar-refractivity contribution in [2.24, 2.45) is 0 Å². The fourth-order valence-corrected chi connectivity index (χ4v) is 3.12. The molecule has 8 heteroatoms. The van der Waals surface area contributed by atoms with Gasteiger partial charge >= 0.3 is 0 Å². The van der Waals surface area contributed by atoms with Gasteiger partial charge in [-0.3, -0.25) is 4.79 Å². The SMILES string of the molecule is N#Cc1ccc(N2CC(S(=O)(=O)Cl)CC2=O)cc1Cl. The molecule has 1 aromatic carbocycles. The molecule has 0 spiro atoms. The van der Waals surface area contributed by atoms with Crippen LogP contribution in [0.1, 0.15) is 12.0 Å². The molecule has 0 saturated carbocycles. The van der Waals surface area contributed by atoms with Gasteiger partial charge in [0.1, 0.15) is 11.3 Å². The number of hydrogen-bond acceptors (Lipinski definition) is 4. The second kappa shape index (κ2) is 5.00. The number of anilines is 1. The van der Waals surface area contributed by atoms with Gasteiger partial charge in [-0.25, -0.2) is 8.42 Å². The number of carbonyl (C=O) groups is 1. The number of hydrogen-bond donors (Lipinski definition) is 0. The van der Waals surface area contributed by atoms with Crippen molar-refractivity contribution in [1.29, 1.82) is 5.26 Å². The maximum absolute atomic E-state index is 11.8. The monoisotopic (exact) mass is 318 g/mol. The molecule has 1 amide bonds. The Hall–Kier alpha value is -1.29. The number of benzene rings is 1. The van der Waals surface area contributed by atoms with Gasteiger partial charge in [-0.2, -0.15) is 5.26 Å². The van der Waals surface area contributed by atoms with Gasteiger partial charge in [0, 0.05) is 29.3 Å². The van der Waals surface area contributed by atoms with Gasteiger partial charge in [0.25, 0.3) is 0 Å². The molecule has 0 radical (unpaired) electrons. The fourth-order valence-electron chi connectivity index (χ4n) is 1.88. The molecule has 5 nitrogen and oxygen atoms in total. The summed E-state index contributed by atoms with van der Waals surface area (Å²) in [5, 5.41) is 8.06. The van der Waals surface area contributed by atoms with E-state index in [4.69, 9.17) is 27.5 Å². The number of nitrogens with zero attached hydrogens (tertiary/aromatic N) is 2. The third-order valence-corrected chi connectivity index (χ3v) is 5.05. The topological polar surface area (TPSA) is 78.2 Å². The van der Waals surface area contributed by atoms with Crippen LogP contribution in [0.25, 0.3) is 0 Å². The van der Waals surface area contributed by atoms with Crippen LogP contribution in [-0.4, -0.2) is 26.1 Å². The highest BCUT2D eigenvalue weighted by molar-refractivity contribution is 8.14. The van der Waals surface area contributed by atoms with Gasteiger partial charge in [0.05, 0.1) is 10.6 Å². The number of rotatable bonds is 2. The lowest BCUT2D eigenvalue weighted by molar-refractivity contribution is -0.117. The van der Waals surface area contributed by atoms with Crippen LogP contribution in [0.15, 0.2) is 18.2 Å². The van der Waals surface area contributed by atoms with Crippen molar-refractivity contribution >= 4 is 42.9 Å². The molecule has 1 saturated heterocycles. The van der Waals surface area contributed by atoms with Gasteiger partial charge in [-0.1, -0.05) is 11.6 Å². The number of carbonyl (C=O) groups excluding carboxylic acids is 1. The molecule has 100 valence electrons. The molecular weight excluding hydrogens is 311 g/mol. The Morgan fingerprint density at radius 2 is 2.11 bits per heavy atom. The zero-order chi connectivity index (χ0) is 14.2. The summed E-state index contributed by atoms with van der Waals surface area (Å²) in [6.45, 7) is -0.00705. The quantitative estimate of drug-likeness (QED) is 0.780. The lowest BCUT2D eigenvalue weighted by Crippen LogP contribution is -2.26. The van der Waals surface area contributed by atoms with E-state index < -0.39 is 14.3 Å². The van der Waals surface area contributed by atoms with Crippen LogP contribution < -0.4 is 4.90 Å². The fraction of sp³-hybridized carbons (Fsp3) is 0.273. The first kappa shape index (κ1) is 14.1. The third-order valence-electron chi connectivity index (χ3n) is 2.87. The van der Waals surface area contributed by atoms with Gasteiger partial charge < -0.3 is 4.90 Å². The predicted octanol–water partition coefficient (Wildman–Crippen LogP) is 1.89. The summed E-state index contributed by atoms with van der Waals surface area (Å²) in [5.41, 5.74) is 0.746. The smallest absolute Gasteiger partial charge is 0.237 e. The van der Waals surface area contributed by atoms with Crippen molar-refractivity contribution in [1.82, 2.24) is 0 Å². The summed E-state index contributed by atoms with van der Waals surface area (Å²) >= 11 is 5.88. The minimum atomic E-state index is -3.77. The minimum Gasteiger partial charge on any atom is -0.311 e. The Labute approximate surface area is 119 Å². The van der Waals surface area contributed by atoms with Gasteiger partial charge in [0.15, 0.2) is 0 Å². The third kappa shape index (κ3) is 2.84. The molecule has 0 aromatic heterocycles. The molecule has 1 heterocycles. The summed E-state index contributed by atoms with van der Waals surface area (Å²) in [5.74, 6) is -0.338. The molecule has 1 atom stereocenters. The Kier molecular flexibility index (Phi) is 3.72. The molecule has 1 aliphatic heterocycles. The number of amides is 1. The second-order valence-electron chi connectivity index (χ2n) is 4.08. The highest BCUT2D eigenvalue weighted by Gasteiger charge is 2.38. The Morgan fingerprint density at radius 3 is 2.58 bits per heavy atom. The molecule has 19 heavy (non-hydrogen) atoms. The van der Waals surface area contributed by atoms with E-state index in [9.17, 15) is 13.2 Å². The van der Waals surface area contributed by atoms with Crippen LogP contribution in [0, 0.1) is 11.3 Å². The van der Waals surface area contributed by atoms with Crippen molar-refractivity contribution in [3.8, 4) is 6.07 Å². The average Bonchev–Trinajstić information content (AvgIpc) is 2.71. The highest BCUT2D eigenvalue weighted by atomic mass is 35.7. The average molecular weight is 319 g/mol. The van der Waals surface area contributed by atoms with Crippen molar-refractivity contribution in [3.63, 3.8) is 0 Å². The maximum Gasteiger partial charge on any atom is 0.237 e. The molecular formula is C11H8Cl2N2O3S. The van der Waals surface area contributed by atoms with Crippen LogP contribution in [0.3, 0.4) is 0 Å². The summed E-state index contributed by atoms with van der Waals surface area (Å²) in [7, 11) is 1.49. The molecule has 1 unspecified atom stereocenters. The lowest BCUT2D eigenvalue weighted by atomic mass is 10.2. The Bertz CT molecular complexity index is 682. The largest absolute Gasteiger partial charge is 0.311 e. The summed E-state index contributed by atoms with van der Waals surface area (Å²) in [6, 6.07) is 6.39. The van der Waals surface area contributed by atoms with Crippen LogP contribution >= 0.6 is 22.3 Å². The Balaban J connectivity index is 2.31. The van der Waals surface area contributed by atoms with Crippen molar-refractivity contribution in [2.75, 3.05) is 11.4 Å². The van der Waals surface area contributed by atoms with E-state index >= 15 is 0 Å². The summed E-state index contributed by atoms with van der Waals surface area (Å²) in [6.07, 6.45) is -0.149. The normalized spacial score (nSPS) is 19.5. The maximum atomic E-state index is 11.8. The van der Waals surface area contributed by atoms with Gasteiger partial charge in [-0.15, -0.1) is 0 Å². The highest BCUT2D eigenvalue weighted by Crippen LogP contribution is 2.29. The first-order valence-corrected chi connectivity index (χ1v) is 8.01. The second-order valence-corrected chi connectivity index (χ2v) is 7.40. The number of nitriles is 1. The first-order chi connectivity index (χ1) is 8.82. The molecule has 1 aliphatic rings. The van der Waals surface area contributed by atoms with Crippen LogP contribution in [0.5, 0.6) is 0 Å². The Morgan fingerprint density at radius 1 is 1.42 bits per heavy atom.